The Bertz CT molecular complexity index is 92.2. The highest BCUT2D eigenvalue weighted by Crippen LogP contribution is 2.09. The van der Waals surface area contributed by atoms with Crippen molar-refractivity contribution in [3.63, 3.8) is 0 Å². The van der Waals surface area contributed by atoms with Gasteiger partial charge in [-0.15, -0.1) is 0 Å². The van der Waals surface area contributed by atoms with Crippen LogP contribution >= 0.6 is 15.9 Å². The van der Waals surface area contributed by atoms with Crippen LogP contribution in [0.3, 0.4) is 0 Å². The van der Waals surface area contributed by atoms with Gasteiger partial charge in [0.1, 0.15) is 11.4 Å². The summed E-state index contributed by atoms with van der Waals surface area (Å²) in [6, 6.07) is 0. The molecule has 0 aromatic heterocycles. The molecule has 0 aliphatic carbocycles. The molecule has 0 spiro atoms. The average Bonchev–Trinajstić information content (AvgIpc) is 1.91. The quantitative estimate of drug-likeness (QED) is 0.382. The van der Waals surface area contributed by atoms with Crippen molar-refractivity contribution in [2.24, 2.45) is 0 Å². The molecule has 1 fully saturated rings. The van der Waals surface area contributed by atoms with Crippen LogP contribution in [0, 0.1) is 0 Å². The van der Waals surface area contributed by atoms with Crippen molar-refractivity contribution in [2.45, 2.75) is 4.83 Å². The van der Waals surface area contributed by atoms with Gasteiger partial charge in [0.15, 0.2) is 0 Å². The third-order valence-electron chi connectivity index (χ3n) is 0.611. The zero-order valence-corrected chi connectivity index (χ0v) is 4.97. The molecule has 1 rings (SSSR count). The van der Waals surface area contributed by atoms with Gasteiger partial charge in [0.25, 0.3) is 0 Å². The minimum atomic E-state index is -0.347. The van der Waals surface area contributed by atoms with Crippen molar-refractivity contribution < 1.29 is 14.6 Å². The number of carbonyl (C=O) groups excluding carboxylic acids is 1. The SMILES string of the molecule is O=C1OOCC1Br. The predicted molar refractivity (Wildman–Crippen MR) is 24.8 cm³/mol. The summed E-state index contributed by atoms with van der Waals surface area (Å²) in [4.78, 5) is 18.3. The third-order valence-corrected chi connectivity index (χ3v) is 1.25. The molecular weight excluding hydrogens is 164 g/mol. The van der Waals surface area contributed by atoms with Crippen LogP contribution in [0.2, 0.25) is 0 Å². The van der Waals surface area contributed by atoms with Crippen LogP contribution < -0.4 is 0 Å². The molecule has 0 amide bonds. The van der Waals surface area contributed by atoms with Crippen molar-refractivity contribution in [3.05, 3.63) is 0 Å². The monoisotopic (exact) mass is 166 g/mol. The molecule has 0 aromatic carbocycles. The summed E-state index contributed by atoms with van der Waals surface area (Å²) in [5, 5.41) is 0. The van der Waals surface area contributed by atoms with E-state index < -0.39 is 0 Å². The molecule has 0 aromatic rings. The van der Waals surface area contributed by atoms with Crippen molar-refractivity contribution in [1.82, 2.24) is 0 Å². The van der Waals surface area contributed by atoms with Gasteiger partial charge in [-0.2, -0.15) is 4.89 Å². The molecule has 1 heterocycles. The van der Waals surface area contributed by atoms with E-state index in [0.717, 1.165) is 0 Å². The van der Waals surface area contributed by atoms with E-state index in [1.54, 1.807) is 0 Å². The lowest BCUT2D eigenvalue weighted by atomic mass is 10.5. The number of hydrogen-bond donors (Lipinski definition) is 0. The van der Waals surface area contributed by atoms with E-state index in [-0.39, 0.29) is 10.8 Å². The Morgan fingerprint density at radius 2 is 2.57 bits per heavy atom. The van der Waals surface area contributed by atoms with E-state index in [9.17, 15) is 4.79 Å². The van der Waals surface area contributed by atoms with Crippen molar-refractivity contribution in [3.8, 4) is 0 Å². The second-order valence-corrected chi connectivity index (χ2v) is 2.26. The molecule has 3 nitrogen and oxygen atoms in total. The first kappa shape index (κ1) is 5.05. The zero-order valence-electron chi connectivity index (χ0n) is 3.39. The number of alkyl halides is 1. The fourth-order valence-electron chi connectivity index (χ4n) is 0.272. The summed E-state index contributed by atoms with van der Waals surface area (Å²) in [5.74, 6) is -0.347. The number of hydrogen-bond acceptors (Lipinski definition) is 3. The smallest absolute Gasteiger partial charge is 0.297 e. The molecule has 0 bridgehead atoms. The maximum atomic E-state index is 10.2. The first-order chi connectivity index (χ1) is 3.30. The molecule has 40 valence electrons. The number of halogens is 1. The molecule has 4 heteroatoms. The predicted octanol–water partition coefficient (Wildman–Crippen LogP) is 0.238. The van der Waals surface area contributed by atoms with E-state index in [2.05, 4.69) is 25.7 Å². The van der Waals surface area contributed by atoms with E-state index in [0.29, 0.717) is 6.61 Å². The van der Waals surface area contributed by atoms with Crippen LogP contribution in [0.5, 0.6) is 0 Å². The van der Waals surface area contributed by atoms with Crippen LogP contribution in [0.25, 0.3) is 0 Å². The summed E-state index contributed by atoms with van der Waals surface area (Å²) in [6.45, 7) is 0.318. The maximum absolute atomic E-state index is 10.2. The van der Waals surface area contributed by atoms with E-state index in [1.165, 1.54) is 0 Å². The molecule has 1 aliphatic rings. The highest BCUT2D eigenvalue weighted by Gasteiger charge is 2.24. The standard InChI is InChI=1S/C3H3BrO3/c4-2-1-6-7-3(2)5/h2H,1H2. The van der Waals surface area contributed by atoms with E-state index in [1.807, 2.05) is 0 Å². The topological polar surface area (TPSA) is 35.5 Å². The summed E-state index contributed by atoms with van der Waals surface area (Å²) in [5.41, 5.74) is 0. The van der Waals surface area contributed by atoms with Crippen LogP contribution in [0.4, 0.5) is 0 Å². The zero-order chi connectivity index (χ0) is 5.28. The van der Waals surface area contributed by atoms with Gasteiger partial charge < -0.3 is 0 Å². The lowest BCUT2D eigenvalue weighted by Crippen LogP contribution is -2.06. The normalized spacial score (nSPS) is 30.4. The fourth-order valence-corrected chi connectivity index (χ4v) is 0.456. The Kier molecular flexibility index (Phi) is 1.30. The van der Waals surface area contributed by atoms with Gasteiger partial charge in [0.05, 0.1) is 0 Å². The van der Waals surface area contributed by atoms with Crippen molar-refractivity contribution in [1.29, 1.82) is 0 Å². The van der Waals surface area contributed by atoms with Crippen molar-refractivity contribution in [2.75, 3.05) is 6.61 Å². The Morgan fingerprint density at radius 3 is 2.71 bits per heavy atom. The molecule has 7 heavy (non-hydrogen) atoms. The lowest BCUT2D eigenvalue weighted by Gasteiger charge is -1.81. The van der Waals surface area contributed by atoms with Crippen LogP contribution in [0.1, 0.15) is 0 Å². The fraction of sp³-hybridized carbons (Fsp3) is 0.667. The molecule has 0 saturated carbocycles. The highest BCUT2D eigenvalue weighted by atomic mass is 79.9. The second kappa shape index (κ2) is 1.79. The van der Waals surface area contributed by atoms with Gasteiger partial charge in [-0.3, -0.25) is 4.89 Å². The van der Waals surface area contributed by atoms with Gasteiger partial charge in [0.2, 0.25) is 0 Å². The Labute approximate surface area is 48.6 Å². The van der Waals surface area contributed by atoms with Crippen molar-refractivity contribution >= 4 is 21.9 Å². The minimum Gasteiger partial charge on any atom is -0.297 e. The van der Waals surface area contributed by atoms with E-state index in [4.69, 9.17) is 0 Å². The van der Waals surface area contributed by atoms with Crippen LogP contribution in [0.15, 0.2) is 0 Å². The Morgan fingerprint density at radius 1 is 1.86 bits per heavy atom. The average molecular weight is 167 g/mol. The maximum Gasteiger partial charge on any atom is 0.358 e. The molecule has 1 saturated heterocycles. The molecular formula is C3H3BrO3. The number of rotatable bonds is 0. The lowest BCUT2D eigenvalue weighted by molar-refractivity contribution is -0.240. The van der Waals surface area contributed by atoms with Gasteiger partial charge in [-0.1, -0.05) is 15.9 Å². The first-order valence-electron chi connectivity index (χ1n) is 1.78. The van der Waals surface area contributed by atoms with Gasteiger partial charge >= 0.3 is 5.97 Å². The van der Waals surface area contributed by atoms with Gasteiger partial charge in [-0.05, 0) is 0 Å². The third kappa shape index (κ3) is 0.920. The first-order valence-corrected chi connectivity index (χ1v) is 2.69. The largest absolute Gasteiger partial charge is 0.358 e. The highest BCUT2D eigenvalue weighted by molar-refractivity contribution is 9.10. The van der Waals surface area contributed by atoms with Gasteiger partial charge in [0, 0.05) is 0 Å². The molecule has 0 radical (unpaired) electrons. The molecule has 1 aliphatic heterocycles. The van der Waals surface area contributed by atoms with Crippen LogP contribution in [-0.2, 0) is 14.6 Å². The Hall–Kier alpha value is -0.0900. The number of carbonyl (C=O) groups is 1. The summed E-state index contributed by atoms with van der Waals surface area (Å²) < 4.78 is 0. The summed E-state index contributed by atoms with van der Waals surface area (Å²) >= 11 is 3.00. The summed E-state index contributed by atoms with van der Waals surface area (Å²) in [7, 11) is 0. The molecule has 1 unspecified atom stereocenters. The second-order valence-electron chi connectivity index (χ2n) is 1.15. The minimum absolute atomic E-state index is 0.257. The summed E-state index contributed by atoms with van der Waals surface area (Å²) in [6.07, 6.45) is 0. The van der Waals surface area contributed by atoms with Gasteiger partial charge in [-0.25, -0.2) is 4.79 Å². The Balaban J connectivity index is 2.48. The van der Waals surface area contributed by atoms with Crippen LogP contribution in [-0.4, -0.2) is 17.4 Å². The van der Waals surface area contributed by atoms with E-state index >= 15 is 0 Å². The molecule has 1 atom stereocenters. The molecule has 0 N–H and O–H groups in total.